The van der Waals surface area contributed by atoms with E-state index in [0.717, 1.165) is 0 Å². The second-order valence-electron chi connectivity index (χ2n) is 8.43. The fourth-order valence-electron chi connectivity index (χ4n) is 4.72. The van der Waals surface area contributed by atoms with Crippen molar-refractivity contribution in [3.05, 3.63) is 80.7 Å². The van der Waals surface area contributed by atoms with Gasteiger partial charge < -0.3 is 8.92 Å². The Morgan fingerprint density at radius 2 is 1.35 bits per heavy atom. The number of hydrogen-bond donors (Lipinski definition) is 0. The summed E-state index contributed by atoms with van der Waals surface area (Å²) in [5.74, 6) is 0.166. The maximum Gasteiger partial charge on any atom is 0.339 e. The fourth-order valence-corrected chi connectivity index (χ4v) is 6.38. The van der Waals surface area contributed by atoms with Gasteiger partial charge in [-0.1, -0.05) is 41.4 Å². The Labute approximate surface area is 207 Å². The first-order valence-electron chi connectivity index (χ1n) is 10.9. The first kappa shape index (κ1) is 23.1. The van der Waals surface area contributed by atoms with Gasteiger partial charge in [-0.05, 0) is 42.7 Å². The van der Waals surface area contributed by atoms with Gasteiger partial charge in [-0.2, -0.15) is 8.42 Å². The second-order valence-corrected chi connectivity index (χ2v) is 10.8. The molecule has 0 unspecified atom stereocenters. The molecule has 0 spiro atoms. The van der Waals surface area contributed by atoms with Gasteiger partial charge in [0.15, 0.2) is 17.3 Å². The number of benzene rings is 2. The Kier molecular flexibility index (Phi) is 6.04. The predicted octanol–water partition coefficient (Wildman–Crippen LogP) is 5.89. The highest BCUT2D eigenvalue weighted by atomic mass is 35.5. The zero-order valence-corrected chi connectivity index (χ0v) is 20.3. The maximum absolute atomic E-state index is 12.9. The van der Waals surface area contributed by atoms with E-state index in [2.05, 4.69) is 0 Å². The first-order chi connectivity index (χ1) is 16.3. The van der Waals surface area contributed by atoms with Gasteiger partial charge in [-0.15, -0.1) is 0 Å². The molecule has 0 N–H and O–H groups in total. The molecule has 9 heteroatoms. The summed E-state index contributed by atoms with van der Waals surface area (Å²) in [5.41, 5.74) is 1.43. The van der Waals surface area contributed by atoms with Crippen molar-refractivity contribution < 1.29 is 26.9 Å². The molecule has 3 aliphatic rings. The molecule has 0 amide bonds. The van der Waals surface area contributed by atoms with E-state index in [1.807, 2.05) is 0 Å². The minimum atomic E-state index is -4.17. The van der Waals surface area contributed by atoms with Crippen LogP contribution in [-0.2, 0) is 24.4 Å². The molecule has 0 bridgehead atoms. The van der Waals surface area contributed by atoms with Gasteiger partial charge in [-0.25, -0.2) is 0 Å². The number of allylic oxidation sites excluding steroid dienone is 4. The van der Waals surface area contributed by atoms with Crippen molar-refractivity contribution in [2.75, 3.05) is 0 Å². The molecule has 2 aromatic rings. The van der Waals surface area contributed by atoms with Gasteiger partial charge >= 0.3 is 10.1 Å². The fraction of sp³-hybridized carbons (Fsp3) is 0.280. The van der Waals surface area contributed by atoms with Crippen molar-refractivity contribution in [3.8, 4) is 5.75 Å². The largest absolute Gasteiger partial charge is 0.465 e. The summed E-state index contributed by atoms with van der Waals surface area (Å²) < 4.78 is 36.7. The van der Waals surface area contributed by atoms with Gasteiger partial charge in [0, 0.05) is 42.7 Å². The highest BCUT2D eigenvalue weighted by Gasteiger charge is 2.42. The number of carbonyl (C=O) groups is 2. The smallest absolute Gasteiger partial charge is 0.339 e. The first-order valence-corrected chi connectivity index (χ1v) is 13.1. The van der Waals surface area contributed by atoms with E-state index in [0.29, 0.717) is 66.8 Å². The van der Waals surface area contributed by atoms with Gasteiger partial charge in [0.25, 0.3) is 0 Å². The van der Waals surface area contributed by atoms with Crippen molar-refractivity contribution in [1.82, 2.24) is 0 Å². The van der Waals surface area contributed by atoms with Crippen molar-refractivity contribution in [2.45, 2.75) is 49.3 Å². The summed E-state index contributed by atoms with van der Waals surface area (Å²) >= 11 is 12.9. The molecule has 176 valence electrons. The molecule has 6 nitrogen and oxygen atoms in total. The van der Waals surface area contributed by atoms with E-state index >= 15 is 0 Å². The zero-order valence-electron chi connectivity index (χ0n) is 18.0. The van der Waals surface area contributed by atoms with Crippen LogP contribution in [0.5, 0.6) is 5.75 Å². The molecule has 2 aromatic carbocycles. The van der Waals surface area contributed by atoms with Crippen molar-refractivity contribution in [3.63, 3.8) is 0 Å². The van der Waals surface area contributed by atoms with E-state index in [1.54, 1.807) is 18.2 Å². The van der Waals surface area contributed by atoms with E-state index in [1.165, 1.54) is 24.3 Å². The Bertz CT molecular complexity index is 1310. The van der Waals surface area contributed by atoms with Crippen LogP contribution in [0.2, 0.25) is 10.0 Å². The normalized spacial score (nSPS) is 19.0. The minimum Gasteiger partial charge on any atom is -0.465 e. The average molecular weight is 519 g/mol. The molecular weight excluding hydrogens is 499 g/mol. The van der Waals surface area contributed by atoms with Gasteiger partial charge in [-0.3, -0.25) is 9.59 Å². The number of rotatable bonds is 4. The quantitative estimate of drug-likeness (QED) is 0.469. The highest BCUT2D eigenvalue weighted by Crippen LogP contribution is 2.49. The number of Topliss-reactive ketones (excluding diaryl/α,β-unsaturated/α-hetero) is 2. The average Bonchev–Trinajstić information content (AvgIpc) is 2.81. The highest BCUT2D eigenvalue weighted by molar-refractivity contribution is 7.87. The topological polar surface area (TPSA) is 86.7 Å². The van der Waals surface area contributed by atoms with Crippen molar-refractivity contribution >= 4 is 44.9 Å². The van der Waals surface area contributed by atoms with Gasteiger partial charge in [0.1, 0.15) is 16.4 Å². The number of carbonyl (C=O) groups excluding carboxylic acids is 2. The Morgan fingerprint density at radius 1 is 0.824 bits per heavy atom. The van der Waals surface area contributed by atoms with Crippen LogP contribution >= 0.6 is 23.2 Å². The lowest BCUT2D eigenvalue weighted by atomic mass is 9.73. The Morgan fingerprint density at radius 3 is 1.88 bits per heavy atom. The maximum atomic E-state index is 12.9. The molecule has 0 saturated carbocycles. The van der Waals surface area contributed by atoms with E-state index in [9.17, 15) is 18.0 Å². The molecule has 0 saturated heterocycles. The van der Waals surface area contributed by atoms with Crippen LogP contribution in [0, 0.1) is 0 Å². The van der Waals surface area contributed by atoms with Gasteiger partial charge in [0.05, 0.1) is 10.0 Å². The standard InChI is InChI=1S/C25H20Cl2O6S/c26-16-12-14(13-17(27)25(16)33-34(30,31)15-6-2-1-3-7-15)22-23-18(28)8-4-10-20(23)32-21-11-5-9-19(29)24(21)22/h1-3,6-7,12-13,22H,4-5,8-11H2. The van der Waals surface area contributed by atoms with Gasteiger partial charge in [0.2, 0.25) is 0 Å². The van der Waals surface area contributed by atoms with E-state index in [4.69, 9.17) is 32.1 Å². The third kappa shape index (κ3) is 4.06. The van der Waals surface area contributed by atoms with E-state index in [-0.39, 0.29) is 32.3 Å². The second kappa shape index (κ2) is 8.87. The minimum absolute atomic E-state index is 0.0377. The third-order valence-electron chi connectivity index (χ3n) is 6.22. The molecule has 1 aliphatic heterocycles. The summed E-state index contributed by atoms with van der Waals surface area (Å²) in [6.45, 7) is 0. The lowest BCUT2D eigenvalue weighted by Gasteiger charge is -2.36. The number of hydrogen-bond acceptors (Lipinski definition) is 6. The Hall–Kier alpha value is -2.61. The summed E-state index contributed by atoms with van der Waals surface area (Å²) in [6, 6.07) is 10.7. The van der Waals surface area contributed by atoms with Crippen LogP contribution < -0.4 is 4.18 Å². The molecular formula is C25H20Cl2O6S. The zero-order chi connectivity index (χ0) is 24.0. The monoisotopic (exact) mass is 518 g/mol. The van der Waals surface area contributed by atoms with Crippen LogP contribution in [0.3, 0.4) is 0 Å². The lowest BCUT2D eigenvalue weighted by Crippen LogP contribution is -2.30. The summed E-state index contributed by atoms with van der Waals surface area (Å²) in [7, 11) is -4.17. The Balaban J connectivity index is 1.59. The summed E-state index contributed by atoms with van der Waals surface area (Å²) in [4.78, 5) is 25.8. The van der Waals surface area contributed by atoms with E-state index < -0.39 is 16.0 Å². The number of ether oxygens (including phenoxy) is 1. The summed E-state index contributed by atoms with van der Waals surface area (Å²) in [5, 5.41) is -0.0753. The number of ketones is 2. The van der Waals surface area contributed by atoms with Crippen LogP contribution in [0.15, 0.2) is 70.0 Å². The van der Waals surface area contributed by atoms with Crippen LogP contribution in [-0.4, -0.2) is 20.0 Å². The summed E-state index contributed by atoms with van der Waals surface area (Å²) in [6.07, 6.45) is 3.33. The molecule has 2 aliphatic carbocycles. The SMILES string of the molecule is O=C1CCCC2=C1C(c1cc(Cl)c(OS(=O)(=O)c3ccccc3)c(Cl)c1)C1=C(CCCC1=O)O2. The lowest BCUT2D eigenvalue weighted by molar-refractivity contribution is -0.117. The molecule has 34 heavy (non-hydrogen) atoms. The van der Waals surface area contributed by atoms with Crippen LogP contribution in [0.1, 0.15) is 50.0 Å². The molecule has 0 radical (unpaired) electrons. The molecule has 0 fully saturated rings. The number of halogens is 2. The predicted molar refractivity (Wildman–Crippen MR) is 126 cm³/mol. The van der Waals surface area contributed by atoms with Crippen molar-refractivity contribution in [2.24, 2.45) is 0 Å². The third-order valence-corrected chi connectivity index (χ3v) is 8.02. The molecule has 1 heterocycles. The molecule has 0 aromatic heterocycles. The van der Waals surface area contributed by atoms with Crippen LogP contribution in [0.4, 0.5) is 0 Å². The van der Waals surface area contributed by atoms with Crippen molar-refractivity contribution in [1.29, 1.82) is 0 Å². The molecule has 0 atom stereocenters. The van der Waals surface area contributed by atoms with Crippen LogP contribution in [0.25, 0.3) is 0 Å². The molecule has 5 rings (SSSR count).